The molecule has 2 aromatic rings. The largest absolute Gasteiger partial charge is 0.495 e. The highest BCUT2D eigenvalue weighted by molar-refractivity contribution is 7.89. The SMILES string of the molecule is COc1ccc(Nc2ccc(S(=O)(=O)NC(C)(C)C)cc2[N+](=O)[O-])cc1Cl. The Kier molecular flexibility index (Phi) is 5.98. The van der Waals surface area contributed by atoms with E-state index in [9.17, 15) is 18.5 Å². The van der Waals surface area contributed by atoms with E-state index < -0.39 is 20.5 Å². The summed E-state index contributed by atoms with van der Waals surface area (Å²) >= 11 is 6.06. The van der Waals surface area contributed by atoms with E-state index in [1.807, 2.05) is 0 Å². The van der Waals surface area contributed by atoms with Crippen molar-refractivity contribution >= 4 is 38.7 Å². The minimum absolute atomic E-state index is 0.135. The summed E-state index contributed by atoms with van der Waals surface area (Å²) in [6.45, 7) is 5.05. The van der Waals surface area contributed by atoms with Crippen molar-refractivity contribution in [3.05, 3.63) is 51.5 Å². The summed E-state index contributed by atoms with van der Waals surface area (Å²) in [7, 11) is -2.42. The van der Waals surface area contributed by atoms with Gasteiger partial charge in [0.1, 0.15) is 11.4 Å². The van der Waals surface area contributed by atoms with Crippen molar-refractivity contribution in [3.63, 3.8) is 0 Å². The van der Waals surface area contributed by atoms with Gasteiger partial charge in [-0.1, -0.05) is 11.6 Å². The number of ether oxygens (including phenoxy) is 1. The third kappa shape index (κ3) is 5.31. The van der Waals surface area contributed by atoms with E-state index in [1.165, 1.54) is 19.2 Å². The molecule has 0 bridgehead atoms. The third-order valence-corrected chi connectivity index (χ3v) is 5.40. The molecule has 0 aliphatic rings. The first kappa shape index (κ1) is 20.9. The van der Waals surface area contributed by atoms with Gasteiger partial charge >= 0.3 is 0 Å². The second-order valence-electron chi connectivity index (χ2n) is 6.77. The van der Waals surface area contributed by atoms with Crippen molar-refractivity contribution in [3.8, 4) is 5.75 Å². The molecule has 0 aliphatic carbocycles. The normalized spacial score (nSPS) is 11.9. The van der Waals surface area contributed by atoms with Crippen LogP contribution in [0.5, 0.6) is 5.75 Å². The van der Waals surface area contributed by atoms with Gasteiger partial charge in [-0.15, -0.1) is 0 Å². The number of halogens is 1. The van der Waals surface area contributed by atoms with Gasteiger partial charge in [0.2, 0.25) is 10.0 Å². The molecule has 0 amide bonds. The first-order chi connectivity index (χ1) is 12.4. The van der Waals surface area contributed by atoms with Crippen LogP contribution >= 0.6 is 11.6 Å². The highest BCUT2D eigenvalue weighted by atomic mass is 35.5. The monoisotopic (exact) mass is 413 g/mol. The molecule has 8 nitrogen and oxygen atoms in total. The highest BCUT2D eigenvalue weighted by Crippen LogP contribution is 2.33. The van der Waals surface area contributed by atoms with E-state index >= 15 is 0 Å². The number of hydrogen-bond donors (Lipinski definition) is 2. The van der Waals surface area contributed by atoms with E-state index in [4.69, 9.17) is 16.3 Å². The second kappa shape index (κ2) is 7.71. The number of rotatable bonds is 6. The number of hydrogen-bond acceptors (Lipinski definition) is 6. The second-order valence-corrected chi connectivity index (χ2v) is 8.86. The minimum Gasteiger partial charge on any atom is -0.495 e. The summed E-state index contributed by atoms with van der Waals surface area (Å²) in [5, 5.41) is 14.7. The smallest absolute Gasteiger partial charge is 0.294 e. The predicted molar refractivity (Wildman–Crippen MR) is 104 cm³/mol. The molecule has 0 aliphatic heterocycles. The zero-order chi connectivity index (χ0) is 20.4. The summed E-state index contributed by atoms with van der Waals surface area (Å²) in [4.78, 5) is 10.6. The minimum atomic E-state index is -3.90. The number of nitro benzene ring substituents is 1. The van der Waals surface area contributed by atoms with Gasteiger partial charge < -0.3 is 10.1 Å². The molecule has 0 fully saturated rings. The predicted octanol–water partition coefficient (Wildman–Crippen LogP) is 4.08. The Labute approximate surface area is 162 Å². The Hall–Kier alpha value is -2.36. The Bertz CT molecular complexity index is 971. The lowest BCUT2D eigenvalue weighted by molar-refractivity contribution is -0.384. The van der Waals surface area contributed by atoms with Gasteiger partial charge in [-0.3, -0.25) is 10.1 Å². The van der Waals surface area contributed by atoms with Crippen LogP contribution in [0.2, 0.25) is 5.02 Å². The number of anilines is 2. The molecule has 27 heavy (non-hydrogen) atoms. The molecule has 0 spiro atoms. The van der Waals surface area contributed by atoms with Crippen molar-refractivity contribution in [1.29, 1.82) is 0 Å². The van der Waals surface area contributed by atoms with Gasteiger partial charge in [0.25, 0.3) is 5.69 Å². The molecule has 0 aromatic heterocycles. The fourth-order valence-corrected chi connectivity index (χ4v) is 3.99. The molecule has 0 radical (unpaired) electrons. The van der Waals surface area contributed by atoms with E-state index in [0.717, 1.165) is 6.07 Å². The van der Waals surface area contributed by atoms with E-state index in [-0.39, 0.29) is 16.3 Å². The van der Waals surface area contributed by atoms with Crippen LogP contribution in [-0.4, -0.2) is 26.0 Å². The lowest BCUT2D eigenvalue weighted by Crippen LogP contribution is -2.40. The summed E-state index contributed by atoms with van der Waals surface area (Å²) in [6, 6.07) is 8.46. The van der Waals surface area contributed by atoms with Gasteiger partial charge in [-0.25, -0.2) is 13.1 Å². The van der Waals surface area contributed by atoms with Crippen LogP contribution in [0, 0.1) is 10.1 Å². The maximum Gasteiger partial charge on any atom is 0.294 e. The number of benzene rings is 2. The summed E-state index contributed by atoms with van der Waals surface area (Å²) in [5.74, 6) is 0.464. The number of nitro groups is 1. The molecule has 0 atom stereocenters. The third-order valence-electron chi connectivity index (χ3n) is 3.35. The Balaban J connectivity index is 2.42. The molecule has 0 saturated carbocycles. The fraction of sp³-hybridized carbons (Fsp3) is 0.294. The Morgan fingerprint density at radius 3 is 2.33 bits per heavy atom. The molecule has 0 unspecified atom stereocenters. The standard InChI is InChI=1S/C17H20ClN3O5S/c1-17(2,3)20-27(24,25)12-6-7-14(15(10-12)21(22)23)19-11-5-8-16(26-4)13(18)9-11/h5-10,19-20H,1-4H3. The summed E-state index contributed by atoms with van der Waals surface area (Å²) < 4.78 is 32.4. The maximum absolute atomic E-state index is 12.4. The number of nitrogens with zero attached hydrogens (tertiary/aromatic N) is 1. The topological polar surface area (TPSA) is 111 Å². The fourth-order valence-electron chi connectivity index (χ4n) is 2.30. The Morgan fingerprint density at radius 2 is 1.81 bits per heavy atom. The van der Waals surface area contributed by atoms with Crippen LogP contribution in [0.1, 0.15) is 20.8 Å². The Morgan fingerprint density at radius 1 is 1.15 bits per heavy atom. The van der Waals surface area contributed by atoms with Gasteiger partial charge in [0.05, 0.1) is 22.0 Å². The summed E-state index contributed by atoms with van der Waals surface area (Å²) in [6.07, 6.45) is 0. The molecule has 2 rings (SSSR count). The van der Waals surface area contributed by atoms with Crippen molar-refractivity contribution in [1.82, 2.24) is 4.72 Å². The zero-order valence-electron chi connectivity index (χ0n) is 15.2. The molecule has 2 aromatic carbocycles. The first-order valence-corrected chi connectivity index (χ1v) is 9.72. The quantitative estimate of drug-likeness (QED) is 0.545. The lowest BCUT2D eigenvalue weighted by Gasteiger charge is -2.20. The molecule has 0 saturated heterocycles. The van der Waals surface area contributed by atoms with Crippen LogP contribution in [0.3, 0.4) is 0 Å². The van der Waals surface area contributed by atoms with Crippen LogP contribution in [0.4, 0.5) is 17.1 Å². The average molecular weight is 414 g/mol. The van der Waals surface area contributed by atoms with E-state index in [1.54, 1.807) is 39.0 Å². The van der Waals surface area contributed by atoms with Crippen LogP contribution in [-0.2, 0) is 10.0 Å². The van der Waals surface area contributed by atoms with Crippen molar-refractivity contribution in [2.24, 2.45) is 0 Å². The number of nitrogens with one attached hydrogen (secondary N) is 2. The van der Waals surface area contributed by atoms with Gasteiger partial charge in [-0.05, 0) is 51.1 Å². The molecule has 2 N–H and O–H groups in total. The molecule has 0 heterocycles. The number of methoxy groups -OCH3 is 1. The van der Waals surface area contributed by atoms with Crippen LogP contribution in [0.15, 0.2) is 41.3 Å². The van der Waals surface area contributed by atoms with Gasteiger partial charge in [0, 0.05) is 17.3 Å². The van der Waals surface area contributed by atoms with Crippen molar-refractivity contribution < 1.29 is 18.1 Å². The lowest BCUT2D eigenvalue weighted by atomic mass is 10.1. The molecular formula is C17H20ClN3O5S. The number of sulfonamides is 1. The zero-order valence-corrected chi connectivity index (χ0v) is 16.8. The summed E-state index contributed by atoms with van der Waals surface area (Å²) in [5.41, 5.74) is -0.466. The van der Waals surface area contributed by atoms with E-state index in [0.29, 0.717) is 16.5 Å². The molecule has 10 heteroatoms. The van der Waals surface area contributed by atoms with Gasteiger partial charge in [-0.2, -0.15) is 0 Å². The average Bonchev–Trinajstić information content (AvgIpc) is 2.52. The first-order valence-electron chi connectivity index (χ1n) is 7.86. The molecule has 146 valence electrons. The van der Waals surface area contributed by atoms with Crippen LogP contribution < -0.4 is 14.8 Å². The van der Waals surface area contributed by atoms with Gasteiger partial charge in [0.15, 0.2) is 0 Å². The van der Waals surface area contributed by atoms with Crippen molar-refractivity contribution in [2.45, 2.75) is 31.2 Å². The molecular weight excluding hydrogens is 394 g/mol. The highest BCUT2D eigenvalue weighted by Gasteiger charge is 2.25. The maximum atomic E-state index is 12.4. The van der Waals surface area contributed by atoms with E-state index in [2.05, 4.69) is 10.0 Å². The van der Waals surface area contributed by atoms with Crippen LogP contribution in [0.25, 0.3) is 0 Å². The van der Waals surface area contributed by atoms with Crippen molar-refractivity contribution in [2.75, 3.05) is 12.4 Å².